The lowest BCUT2D eigenvalue weighted by Gasteiger charge is -2.16. The molecule has 0 fully saturated rings. The van der Waals surface area contributed by atoms with E-state index in [2.05, 4.69) is 0 Å². The first-order valence-electron chi connectivity index (χ1n) is 6.77. The normalized spacial score (nSPS) is 11.9. The van der Waals surface area contributed by atoms with E-state index in [1.165, 1.54) is 0 Å². The summed E-state index contributed by atoms with van der Waals surface area (Å²) in [4.78, 5) is 0. The molecule has 20 heavy (non-hydrogen) atoms. The molecule has 0 radical (unpaired) electrons. The van der Waals surface area contributed by atoms with Crippen molar-refractivity contribution in [3.8, 4) is 11.5 Å². The van der Waals surface area contributed by atoms with Crippen molar-refractivity contribution in [3.05, 3.63) is 59.7 Å². The first kappa shape index (κ1) is 14.4. The summed E-state index contributed by atoms with van der Waals surface area (Å²) >= 11 is 0. The highest BCUT2D eigenvalue weighted by Crippen LogP contribution is 2.28. The summed E-state index contributed by atoms with van der Waals surface area (Å²) in [6.45, 7) is 2.52. The highest BCUT2D eigenvalue weighted by molar-refractivity contribution is 5.37. The Morgan fingerprint density at radius 3 is 2.65 bits per heavy atom. The number of rotatable bonds is 6. The van der Waals surface area contributed by atoms with Gasteiger partial charge in [0.1, 0.15) is 11.5 Å². The van der Waals surface area contributed by atoms with E-state index in [1.807, 2.05) is 55.5 Å². The molecule has 0 amide bonds. The Labute approximate surface area is 119 Å². The van der Waals surface area contributed by atoms with Crippen LogP contribution in [0.3, 0.4) is 0 Å². The standard InChI is InChI=1S/C17H20O3/c1-3-20-17-10-5-4-9-15(17)16(18)12-13-7-6-8-14(11-13)19-2/h4-11,16,18H,3,12H2,1-2H3. The lowest BCUT2D eigenvalue weighted by molar-refractivity contribution is 0.172. The number of benzene rings is 2. The van der Waals surface area contributed by atoms with Gasteiger partial charge in [-0.1, -0.05) is 30.3 Å². The van der Waals surface area contributed by atoms with Crippen LogP contribution in [0.25, 0.3) is 0 Å². The van der Waals surface area contributed by atoms with Gasteiger partial charge in [0.05, 0.1) is 19.8 Å². The van der Waals surface area contributed by atoms with E-state index in [4.69, 9.17) is 9.47 Å². The van der Waals surface area contributed by atoms with Gasteiger partial charge >= 0.3 is 0 Å². The molecule has 1 unspecified atom stereocenters. The molecule has 0 saturated carbocycles. The van der Waals surface area contributed by atoms with Crippen molar-refractivity contribution in [1.29, 1.82) is 0 Å². The first-order chi connectivity index (χ1) is 9.74. The molecule has 0 spiro atoms. The van der Waals surface area contributed by atoms with E-state index in [1.54, 1.807) is 7.11 Å². The lowest BCUT2D eigenvalue weighted by atomic mass is 10.0. The molecule has 0 aliphatic heterocycles. The van der Waals surface area contributed by atoms with Gasteiger partial charge in [-0.3, -0.25) is 0 Å². The van der Waals surface area contributed by atoms with Crippen molar-refractivity contribution < 1.29 is 14.6 Å². The summed E-state index contributed by atoms with van der Waals surface area (Å²) in [5, 5.41) is 10.4. The molecular weight excluding hydrogens is 252 g/mol. The topological polar surface area (TPSA) is 38.7 Å². The molecule has 0 heterocycles. The molecule has 0 saturated heterocycles. The van der Waals surface area contributed by atoms with Gasteiger partial charge in [0, 0.05) is 12.0 Å². The zero-order valence-corrected chi connectivity index (χ0v) is 11.9. The average Bonchev–Trinajstić information content (AvgIpc) is 2.48. The van der Waals surface area contributed by atoms with Crippen molar-refractivity contribution in [2.24, 2.45) is 0 Å². The van der Waals surface area contributed by atoms with E-state index in [9.17, 15) is 5.11 Å². The molecule has 106 valence electrons. The van der Waals surface area contributed by atoms with Crippen LogP contribution in [0.4, 0.5) is 0 Å². The summed E-state index contributed by atoms with van der Waals surface area (Å²) in [7, 11) is 1.64. The quantitative estimate of drug-likeness (QED) is 0.876. The second-order valence-electron chi connectivity index (χ2n) is 4.54. The van der Waals surface area contributed by atoms with Gasteiger partial charge in [-0.15, -0.1) is 0 Å². The molecule has 2 rings (SSSR count). The fourth-order valence-electron chi connectivity index (χ4n) is 2.18. The fourth-order valence-corrected chi connectivity index (χ4v) is 2.18. The Morgan fingerprint density at radius 2 is 1.90 bits per heavy atom. The van der Waals surface area contributed by atoms with Gasteiger partial charge in [0.2, 0.25) is 0 Å². The highest BCUT2D eigenvalue weighted by Gasteiger charge is 2.13. The smallest absolute Gasteiger partial charge is 0.125 e. The molecule has 0 aromatic heterocycles. The Kier molecular flexibility index (Phi) is 5.02. The van der Waals surface area contributed by atoms with E-state index >= 15 is 0 Å². The summed E-state index contributed by atoms with van der Waals surface area (Å²) in [6.07, 6.45) is -0.0637. The minimum Gasteiger partial charge on any atom is -0.497 e. The van der Waals surface area contributed by atoms with Crippen molar-refractivity contribution in [3.63, 3.8) is 0 Å². The number of aliphatic hydroxyl groups excluding tert-OH is 1. The molecule has 1 N–H and O–H groups in total. The third-order valence-electron chi connectivity index (χ3n) is 3.14. The summed E-state index contributed by atoms with van der Waals surface area (Å²) in [6, 6.07) is 15.3. The number of hydrogen-bond acceptors (Lipinski definition) is 3. The van der Waals surface area contributed by atoms with Crippen molar-refractivity contribution >= 4 is 0 Å². The molecule has 0 aliphatic carbocycles. The number of hydrogen-bond donors (Lipinski definition) is 1. The largest absolute Gasteiger partial charge is 0.497 e. The summed E-state index contributed by atoms with van der Waals surface area (Å²) in [5.74, 6) is 1.54. The lowest BCUT2D eigenvalue weighted by Crippen LogP contribution is -2.05. The Morgan fingerprint density at radius 1 is 1.10 bits per heavy atom. The van der Waals surface area contributed by atoms with Crippen LogP contribution < -0.4 is 9.47 Å². The van der Waals surface area contributed by atoms with Gasteiger partial charge in [-0.2, -0.15) is 0 Å². The summed E-state index contributed by atoms with van der Waals surface area (Å²) < 4.78 is 10.8. The fraction of sp³-hybridized carbons (Fsp3) is 0.294. The van der Waals surface area contributed by atoms with Crippen molar-refractivity contribution in [2.45, 2.75) is 19.4 Å². The summed E-state index contributed by atoms with van der Waals surface area (Å²) in [5.41, 5.74) is 1.85. The maximum Gasteiger partial charge on any atom is 0.125 e. The van der Waals surface area contributed by atoms with Crippen molar-refractivity contribution in [2.75, 3.05) is 13.7 Å². The minimum atomic E-state index is -0.593. The van der Waals surface area contributed by atoms with Gasteiger partial charge in [-0.25, -0.2) is 0 Å². The first-order valence-corrected chi connectivity index (χ1v) is 6.77. The molecule has 2 aromatic rings. The van der Waals surface area contributed by atoms with E-state index < -0.39 is 6.10 Å². The van der Waals surface area contributed by atoms with Crippen LogP contribution in [0.5, 0.6) is 11.5 Å². The molecule has 2 aromatic carbocycles. The Balaban J connectivity index is 2.17. The highest BCUT2D eigenvalue weighted by atomic mass is 16.5. The minimum absolute atomic E-state index is 0.529. The second-order valence-corrected chi connectivity index (χ2v) is 4.54. The SMILES string of the molecule is CCOc1ccccc1C(O)Cc1cccc(OC)c1. The van der Waals surface area contributed by atoms with Crippen LogP contribution in [-0.4, -0.2) is 18.8 Å². The molecule has 0 aliphatic rings. The zero-order chi connectivity index (χ0) is 14.4. The Bertz CT molecular complexity index is 551. The van der Waals surface area contributed by atoms with Gasteiger partial charge < -0.3 is 14.6 Å². The maximum atomic E-state index is 10.4. The maximum absolute atomic E-state index is 10.4. The number of ether oxygens (including phenoxy) is 2. The number of aliphatic hydroxyl groups is 1. The van der Waals surface area contributed by atoms with Crippen LogP contribution in [0.1, 0.15) is 24.2 Å². The van der Waals surface area contributed by atoms with Crippen LogP contribution in [0, 0.1) is 0 Å². The predicted octanol–water partition coefficient (Wildman–Crippen LogP) is 3.37. The van der Waals surface area contributed by atoms with Crippen LogP contribution in [0.15, 0.2) is 48.5 Å². The van der Waals surface area contributed by atoms with Gasteiger partial charge in [0.15, 0.2) is 0 Å². The predicted molar refractivity (Wildman–Crippen MR) is 79.3 cm³/mol. The second kappa shape index (κ2) is 6.96. The van der Waals surface area contributed by atoms with Crippen LogP contribution in [0.2, 0.25) is 0 Å². The van der Waals surface area contributed by atoms with Gasteiger partial charge in [-0.05, 0) is 30.7 Å². The van der Waals surface area contributed by atoms with E-state index in [0.717, 1.165) is 22.6 Å². The van der Waals surface area contributed by atoms with Crippen LogP contribution >= 0.6 is 0 Å². The molecule has 1 atom stereocenters. The monoisotopic (exact) mass is 272 g/mol. The third kappa shape index (κ3) is 3.52. The van der Waals surface area contributed by atoms with Crippen LogP contribution in [-0.2, 0) is 6.42 Å². The molecule has 3 heteroatoms. The molecule has 0 bridgehead atoms. The molecule has 3 nitrogen and oxygen atoms in total. The third-order valence-corrected chi connectivity index (χ3v) is 3.14. The van der Waals surface area contributed by atoms with E-state index in [-0.39, 0.29) is 0 Å². The average molecular weight is 272 g/mol. The zero-order valence-electron chi connectivity index (χ0n) is 11.9. The Hall–Kier alpha value is -2.00. The van der Waals surface area contributed by atoms with Gasteiger partial charge in [0.25, 0.3) is 0 Å². The van der Waals surface area contributed by atoms with E-state index in [0.29, 0.717) is 13.0 Å². The number of methoxy groups -OCH3 is 1. The van der Waals surface area contributed by atoms with Crippen molar-refractivity contribution in [1.82, 2.24) is 0 Å². The number of para-hydroxylation sites is 1. The molecular formula is C17H20O3.